The smallest absolute Gasteiger partial charge is 0.407 e. The Balaban J connectivity index is 1.83. The van der Waals surface area contributed by atoms with Crippen LogP contribution in [0.5, 0.6) is 0 Å². The molecule has 0 aromatic heterocycles. The SMILES string of the molecule is CCNC(C)c1ccc(SCC2CNC(=O)O2)cc1. The first-order valence-corrected chi connectivity index (χ1v) is 7.58. The highest BCUT2D eigenvalue weighted by atomic mass is 32.2. The van der Waals surface area contributed by atoms with Gasteiger partial charge in [-0.25, -0.2) is 4.79 Å². The van der Waals surface area contributed by atoms with Crippen LogP contribution in [0.4, 0.5) is 4.79 Å². The Hall–Kier alpha value is -1.20. The predicted octanol–water partition coefficient (Wildman–Crippen LogP) is 2.56. The molecule has 0 radical (unpaired) electrons. The van der Waals surface area contributed by atoms with E-state index in [1.165, 1.54) is 10.5 Å². The lowest BCUT2D eigenvalue weighted by Gasteiger charge is -2.13. The molecule has 104 valence electrons. The Morgan fingerprint density at radius 3 is 2.79 bits per heavy atom. The van der Waals surface area contributed by atoms with Gasteiger partial charge in [-0.15, -0.1) is 11.8 Å². The number of cyclic esters (lactones) is 1. The van der Waals surface area contributed by atoms with Gasteiger partial charge in [-0.05, 0) is 31.2 Å². The fourth-order valence-electron chi connectivity index (χ4n) is 1.99. The predicted molar refractivity (Wildman–Crippen MR) is 77.5 cm³/mol. The van der Waals surface area contributed by atoms with E-state index >= 15 is 0 Å². The van der Waals surface area contributed by atoms with E-state index in [9.17, 15) is 4.79 Å². The van der Waals surface area contributed by atoms with Gasteiger partial charge in [-0.1, -0.05) is 19.1 Å². The van der Waals surface area contributed by atoms with E-state index < -0.39 is 0 Å². The van der Waals surface area contributed by atoms with Crippen LogP contribution in [0.15, 0.2) is 29.2 Å². The number of rotatable bonds is 6. The molecule has 1 fully saturated rings. The van der Waals surface area contributed by atoms with Crippen LogP contribution in [0, 0.1) is 0 Å². The number of carbonyl (C=O) groups excluding carboxylic acids is 1. The molecular weight excluding hydrogens is 260 g/mol. The van der Waals surface area contributed by atoms with Crippen molar-refractivity contribution in [2.24, 2.45) is 0 Å². The molecule has 2 atom stereocenters. The number of nitrogens with one attached hydrogen (secondary N) is 2. The summed E-state index contributed by atoms with van der Waals surface area (Å²) in [7, 11) is 0. The van der Waals surface area contributed by atoms with E-state index in [0.717, 1.165) is 12.3 Å². The van der Waals surface area contributed by atoms with Crippen LogP contribution in [0.3, 0.4) is 0 Å². The number of alkyl carbamates (subject to hydrolysis) is 1. The van der Waals surface area contributed by atoms with Crippen LogP contribution in [0.1, 0.15) is 25.5 Å². The number of thioether (sulfide) groups is 1. The molecule has 2 N–H and O–H groups in total. The Morgan fingerprint density at radius 1 is 1.47 bits per heavy atom. The molecule has 0 saturated carbocycles. The van der Waals surface area contributed by atoms with Crippen LogP contribution >= 0.6 is 11.8 Å². The number of ether oxygens (including phenoxy) is 1. The summed E-state index contributed by atoms with van der Waals surface area (Å²) in [5.74, 6) is 0.793. The molecule has 0 aliphatic carbocycles. The third-order valence-corrected chi connectivity index (χ3v) is 4.22. The highest BCUT2D eigenvalue weighted by molar-refractivity contribution is 7.99. The van der Waals surface area contributed by atoms with Crippen molar-refractivity contribution in [3.8, 4) is 0 Å². The van der Waals surface area contributed by atoms with E-state index in [1.807, 2.05) is 0 Å². The Bertz CT molecular complexity index is 422. The lowest BCUT2D eigenvalue weighted by molar-refractivity contribution is 0.150. The van der Waals surface area contributed by atoms with Gasteiger partial charge in [0.05, 0.1) is 6.54 Å². The number of carbonyl (C=O) groups is 1. The number of hydrogen-bond acceptors (Lipinski definition) is 4. The minimum Gasteiger partial charge on any atom is -0.443 e. The number of amides is 1. The van der Waals surface area contributed by atoms with E-state index in [2.05, 4.69) is 48.7 Å². The van der Waals surface area contributed by atoms with Gasteiger partial charge >= 0.3 is 6.09 Å². The molecule has 2 rings (SSSR count). The molecule has 5 heteroatoms. The maximum absolute atomic E-state index is 10.9. The second-order valence-corrected chi connectivity index (χ2v) is 5.66. The maximum Gasteiger partial charge on any atom is 0.407 e. The van der Waals surface area contributed by atoms with Crippen molar-refractivity contribution >= 4 is 17.9 Å². The van der Waals surface area contributed by atoms with E-state index in [-0.39, 0.29) is 12.2 Å². The summed E-state index contributed by atoms with van der Waals surface area (Å²) in [4.78, 5) is 12.1. The quantitative estimate of drug-likeness (QED) is 0.786. The zero-order chi connectivity index (χ0) is 13.7. The average Bonchev–Trinajstić information content (AvgIpc) is 2.83. The molecule has 19 heavy (non-hydrogen) atoms. The zero-order valence-corrected chi connectivity index (χ0v) is 12.1. The summed E-state index contributed by atoms with van der Waals surface area (Å²) in [6.45, 7) is 5.85. The molecule has 1 aliphatic rings. The van der Waals surface area contributed by atoms with Crippen LogP contribution < -0.4 is 10.6 Å². The van der Waals surface area contributed by atoms with Crippen molar-refractivity contribution in [1.29, 1.82) is 0 Å². The molecule has 1 aromatic carbocycles. The van der Waals surface area contributed by atoms with Gasteiger partial charge < -0.3 is 15.4 Å². The fraction of sp³-hybridized carbons (Fsp3) is 0.500. The second kappa shape index (κ2) is 6.82. The van der Waals surface area contributed by atoms with E-state index in [4.69, 9.17) is 4.74 Å². The monoisotopic (exact) mass is 280 g/mol. The highest BCUT2D eigenvalue weighted by Gasteiger charge is 2.22. The molecule has 1 aromatic rings. The molecule has 1 saturated heterocycles. The molecule has 1 aliphatic heterocycles. The fourth-order valence-corrected chi connectivity index (χ4v) is 2.88. The second-order valence-electron chi connectivity index (χ2n) is 4.57. The Morgan fingerprint density at radius 2 is 2.21 bits per heavy atom. The number of hydrogen-bond donors (Lipinski definition) is 2. The summed E-state index contributed by atoms with van der Waals surface area (Å²) < 4.78 is 5.10. The normalized spacial score (nSPS) is 19.9. The Labute approximate surface area is 118 Å². The third-order valence-electron chi connectivity index (χ3n) is 3.07. The zero-order valence-electron chi connectivity index (χ0n) is 11.3. The molecule has 2 unspecified atom stereocenters. The first-order chi connectivity index (χ1) is 9.19. The van der Waals surface area contributed by atoms with Crippen molar-refractivity contribution in [3.05, 3.63) is 29.8 Å². The molecular formula is C14H20N2O2S. The molecule has 4 nitrogen and oxygen atoms in total. The van der Waals surface area contributed by atoms with Crippen molar-refractivity contribution in [3.63, 3.8) is 0 Å². The summed E-state index contributed by atoms with van der Waals surface area (Å²) in [5.41, 5.74) is 1.29. The first-order valence-electron chi connectivity index (χ1n) is 6.59. The van der Waals surface area contributed by atoms with Crippen molar-refractivity contribution in [2.45, 2.75) is 30.9 Å². The van der Waals surface area contributed by atoms with Crippen LogP contribution in [0.2, 0.25) is 0 Å². The van der Waals surface area contributed by atoms with Gasteiger partial charge in [0, 0.05) is 16.7 Å². The van der Waals surface area contributed by atoms with Crippen LogP contribution in [-0.4, -0.2) is 31.0 Å². The topological polar surface area (TPSA) is 50.4 Å². The van der Waals surface area contributed by atoms with Crippen LogP contribution in [-0.2, 0) is 4.74 Å². The molecule has 1 heterocycles. The van der Waals surface area contributed by atoms with Gasteiger partial charge in [0.15, 0.2) is 0 Å². The highest BCUT2D eigenvalue weighted by Crippen LogP contribution is 2.23. The first kappa shape index (κ1) is 14.2. The number of benzene rings is 1. The van der Waals surface area contributed by atoms with Gasteiger partial charge in [0.1, 0.15) is 6.10 Å². The summed E-state index contributed by atoms with van der Waals surface area (Å²) in [5, 5.41) is 6.05. The minimum absolute atomic E-state index is 0.0159. The van der Waals surface area contributed by atoms with Gasteiger partial charge in [-0.2, -0.15) is 0 Å². The van der Waals surface area contributed by atoms with Crippen molar-refractivity contribution in [2.75, 3.05) is 18.8 Å². The minimum atomic E-state index is -0.305. The maximum atomic E-state index is 10.9. The third kappa shape index (κ3) is 4.14. The Kier molecular flexibility index (Phi) is 5.10. The molecule has 0 spiro atoms. The summed E-state index contributed by atoms with van der Waals surface area (Å²) in [6.07, 6.45) is -0.321. The van der Waals surface area contributed by atoms with E-state index in [0.29, 0.717) is 12.6 Å². The van der Waals surface area contributed by atoms with Crippen molar-refractivity contribution < 1.29 is 9.53 Å². The van der Waals surface area contributed by atoms with Crippen LogP contribution in [0.25, 0.3) is 0 Å². The van der Waals surface area contributed by atoms with Gasteiger partial charge in [0.25, 0.3) is 0 Å². The lowest BCUT2D eigenvalue weighted by Crippen LogP contribution is -2.17. The van der Waals surface area contributed by atoms with Gasteiger partial charge in [-0.3, -0.25) is 0 Å². The summed E-state index contributed by atoms with van der Waals surface area (Å²) in [6, 6.07) is 8.92. The molecule has 1 amide bonds. The summed E-state index contributed by atoms with van der Waals surface area (Å²) >= 11 is 1.72. The van der Waals surface area contributed by atoms with E-state index in [1.54, 1.807) is 11.8 Å². The molecule has 0 bridgehead atoms. The largest absolute Gasteiger partial charge is 0.443 e. The standard InChI is InChI=1S/C14H20N2O2S/c1-3-15-10(2)11-4-6-13(7-5-11)19-9-12-8-16-14(17)18-12/h4-7,10,12,15H,3,8-9H2,1-2H3,(H,16,17). The average molecular weight is 280 g/mol. The van der Waals surface area contributed by atoms with Gasteiger partial charge in [0.2, 0.25) is 0 Å². The van der Waals surface area contributed by atoms with Crippen molar-refractivity contribution in [1.82, 2.24) is 10.6 Å². The lowest BCUT2D eigenvalue weighted by atomic mass is 10.1.